The Balaban J connectivity index is 1.66. The van der Waals surface area contributed by atoms with Crippen LogP contribution in [0.25, 0.3) is 0 Å². The lowest BCUT2D eigenvalue weighted by atomic mass is 10.1. The van der Waals surface area contributed by atoms with Gasteiger partial charge in [-0.15, -0.1) is 0 Å². The van der Waals surface area contributed by atoms with Crippen molar-refractivity contribution in [2.75, 3.05) is 13.1 Å². The molecule has 0 amide bonds. The van der Waals surface area contributed by atoms with Gasteiger partial charge in [-0.1, -0.05) is 29.8 Å². The highest BCUT2D eigenvalue weighted by molar-refractivity contribution is 7.89. The van der Waals surface area contributed by atoms with Crippen LogP contribution in [-0.2, 0) is 10.0 Å². The molecule has 5 nitrogen and oxygen atoms in total. The molecule has 0 bridgehead atoms. The minimum atomic E-state index is -3.59. The van der Waals surface area contributed by atoms with Crippen molar-refractivity contribution >= 4 is 15.8 Å². The monoisotopic (exact) mass is 373 g/mol. The molecule has 1 aliphatic rings. The Bertz CT molecular complexity index is 882. The minimum Gasteiger partial charge on any atom is -0.490 e. The van der Waals surface area contributed by atoms with Crippen molar-refractivity contribution in [3.8, 4) is 5.75 Å². The number of benzene rings is 2. The highest BCUT2D eigenvalue weighted by atomic mass is 32.2. The third-order valence-electron chi connectivity index (χ3n) is 4.60. The third-order valence-corrected chi connectivity index (χ3v) is 6.50. The topological polar surface area (TPSA) is 63.7 Å². The Kier molecular flexibility index (Phi) is 5.44. The summed E-state index contributed by atoms with van der Waals surface area (Å²) >= 11 is 0. The van der Waals surface area contributed by atoms with Gasteiger partial charge >= 0.3 is 0 Å². The molecule has 1 saturated heterocycles. The molecule has 0 unspecified atom stereocenters. The molecule has 0 aromatic heterocycles. The van der Waals surface area contributed by atoms with E-state index in [1.54, 1.807) is 12.1 Å². The average molecular weight is 373 g/mol. The van der Waals surface area contributed by atoms with Crippen LogP contribution in [0.15, 0.2) is 53.4 Å². The molecule has 2 aromatic carbocycles. The van der Waals surface area contributed by atoms with E-state index < -0.39 is 10.0 Å². The molecule has 0 aliphatic carbocycles. The number of rotatable bonds is 5. The molecule has 1 fully saturated rings. The van der Waals surface area contributed by atoms with E-state index in [-0.39, 0.29) is 16.8 Å². The highest BCUT2D eigenvalue weighted by Crippen LogP contribution is 2.24. The number of ether oxygens (including phenoxy) is 1. The maximum absolute atomic E-state index is 12.8. The van der Waals surface area contributed by atoms with Gasteiger partial charge in [-0.25, -0.2) is 8.42 Å². The SMILES string of the molecule is CC(=O)c1cccc(S(=O)(=O)N2CCC(Oc3ccc(C)cc3)CC2)c1. The van der Waals surface area contributed by atoms with Crippen molar-refractivity contribution in [2.24, 2.45) is 0 Å². The second kappa shape index (κ2) is 7.60. The van der Waals surface area contributed by atoms with E-state index in [4.69, 9.17) is 4.74 Å². The summed E-state index contributed by atoms with van der Waals surface area (Å²) in [6, 6.07) is 14.1. The van der Waals surface area contributed by atoms with Crippen LogP contribution in [0.4, 0.5) is 0 Å². The van der Waals surface area contributed by atoms with Crippen LogP contribution in [0, 0.1) is 6.92 Å². The number of aryl methyl sites for hydroxylation is 1. The Hall–Kier alpha value is -2.18. The van der Waals surface area contributed by atoms with Gasteiger partial charge in [0, 0.05) is 18.7 Å². The summed E-state index contributed by atoms with van der Waals surface area (Å²) < 4.78 is 33.1. The fraction of sp³-hybridized carbons (Fsp3) is 0.350. The molecular formula is C20H23NO4S. The Morgan fingerprint density at radius 1 is 1.08 bits per heavy atom. The summed E-state index contributed by atoms with van der Waals surface area (Å²) in [5.74, 6) is 0.665. The van der Waals surface area contributed by atoms with E-state index in [2.05, 4.69) is 0 Å². The average Bonchev–Trinajstić information content (AvgIpc) is 2.64. The van der Waals surface area contributed by atoms with E-state index in [0.717, 1.165) is 5.75 Å². The van der Waals surface area contributed by atoms with Crippen LogP contribution < -0.4 is 4.74 Å². The zero-order valence-electron chi connectivity index (χ0n) is 15.0. The zero-order chi connectivity index (χ0) is 18.7. The second-order valence-corrected chi connectivity index (χ2v) is 8.56. The van der Waals surface area contributed by atoms with Gasteiger partial charge in [-0.2, -0.15) is 4.31 Å². The van der Waals surface area contributed by atoms with Crippen LogP contribution in [0.3, 0.4) is 0 Å². The number of carbonyl (C=O) groups is 1. The minimum absolute atomic E-state index is 0.00714. The number of sulfonamides is 1. The van der Waals surface area contributed by atoms with Crippen LogP contribution in [0.2, 0.25) is 0 Å². The Morgan fingerprint density at radius 3 is 2.35 bits per heavy atom. The molecule has 138 valence electrons. The molecule has 0 radical (unpaired) electrons. The van der Waals surface area contributed by atoms with Gasteiger partial charge in [0.05, 0.1) is 4.90 Å². The molecular weight excluding hydrogens is 350 g/mol. The normalized spacial score (nSPS) is 16.4. The first-order valence-corrected chi connectivity index (χ1v) is 10.1. The van der Waals surface area contributed by atoms with Gasteiger partial charge < -0.3 is 4.74 Å². The quantitative estimate of drug-likeness (QED) is 0.753. The van der Waals surface area contributed by atoms with Crippen LogP contribution in [-0.4, -0.2) is 37.7 Å². The summed E-state index contributed by atoms with van der Waals surface area (Å²) in [5.41, 5.74) is 1.58. The fourth-order valence-corrected chi connectivity index (χ4v) is 4.54. The fourth-order valence-electron chi connectivity index (χ4n) is 3.02. The molecule has 0 N–H and O–H groups in total. The molecule has 6 heteroatoms. The third kappa shape index (κ3) is 4.14. The molecule has 0 atom stereocenters. The Morgan fingerprint density at radius 2 is 1.73 bits per heavy atom. The summed E-state index contributed by atoms with van der Waals surface area (Å²) in [4.78, 5) is 11.7. The van der Waals surface area contributed by atoms with Crippen LogP contribution in [0.1, 0.15) is 35.7 Å². The summed E-state index contributed by atoms with van der Waals surface area (Å²) in [5, 5.41) is 0. The van der Waals surface area contributed by atoms with Gasteiger partial charge in [0.1, 0.15) is 11.9 Å². The van der Waals surface area contributed by atoms with E-state index in [0.29, 0.717) is 31.5 Å². The predicted molar refractivity (Wildman–Crippen MR) is 100 cm³/mol. The largest absolute Gasteiger partial charge is 0.490 e. The number of hydrogen-bond donors (Lipinski definition) is 0. The lowest BCUT2D eigenvalue weighted by molar-refractivity contribution is 0.101. The van der Waals surface area contributed by atoms with E-state index in [1.807, 2.05) is 31.2 Å². The first kappa shape index (κ1) is 18.6. The molecule has 26 heavy (non-hydrogen) atoms. The first-order chi connectivity index (χ1) is 12.4. The lowest BCUT2D eigenvalue weighted by Gasteiger charge is -2.31. The van der Waals surface area contributed by atoms with E-state index in [9.17, 15) is 13.2 Å². The van der Waals surface area contributed by atoms with Gasteiger partial charge in [0.15, 0.2) is 5.78 Å². The summed E-state index contributed by atoms with van der Waals surface area (Å²) in [6.07, 6.45) is 1.28. The van der Waals surface area contributed by atoms with Gasteiger partial charge in [-0.3, -0.25) is 4.79 Å². The van der Waals surface area contributed by atoms with Crippen molar-refractivity contribution < 1.29 is 17.9 Å². The number of hydrogen-bond acceptors (Lipinski definition) is 4. The van der Waals surface area contributed by atoms with Crippen molar-refractivity contribution in [1.29, 1.82) is 0 Å². The second-order valence-electron chi connectivity index (χ2n) is 6.62. The smallest absolute Gasteiger partial charge is 0.243 e. The molecule has 3 rings (SSSR count). The Labute approximate surface area is 154 Å². The molecule has 0 spiro atoms. The van der Waals surface area contributed by atoms with Crippen LogP contribution in [0.5, 0.6) is 5.75 Å². The molecule has 0 saturated carbocycles. The van der Waals surface area contributed by atoms with Gasteiger partial charge in [-0.05, 0) is 51.0 Å². The predicted octanol–water partition coefficient (Wildman–Crippen LogP) is 3.43. The summed E-state index contributed by atoms with van der Waals surface area (Å²) in [7, 11) is -3.59. The highest BCUT2D eigenvalue weighted by Gasteiger charge is 2.30. The molecule has 1 aliphatic heterocycles. The number of carbonyl (C=O) groups excluding carboxylic acids is 1. The lowest BCUT2D eigenvalue weighted by Crippen LogP contribution is -2.41. The van der Waals surface area contributed by atoms with Crippen LogP contribution >= 0.6 is 0 Å². The van der Waals surface area contributed by atoms with Gasteiger partial charge in [0.2, 0.25) is 10.0 Å². The summed E-state index contributed by atoms with van der Waals surface area (Å²) in [6.45, 7) is 4.26. The van der Waals surface area contributed by atoms with Crippen molar-refractivity contribution in [2.45, 2.75) is 37.7 Å². The van der Waals surface area contributed by atoms with E-state index in [1.165, 1.54) is 28.9 Å². The maximum atomic E-state index is 12.8. The number of Topliss-reactive ketones (excluding diaryl/α,β-unsaturated/α-hetero) is 1. The number of nitrogens with zero attached hydrogens (tertiary/aromatic N) is 1. The standard InChI is InChI=1S/C20H23NO4S/c1-15-6-8-18(9-7-15)25-19-10-12-21(13-11-19)26(23,24)20-5-3-4-17(14-20)16(2)22/h3-9,14,19H,10-13H2,1-2H3. The first-order valence-electron chi connectivity index (χ1n) is 8.71. The zero-order valence-corrected chi connectivity index (χ0v) is 15.8. The van der Waals surface area contributed by atoms with Crippen molar-refractivity contribution in [1.82, 2.24) is 4.31 Å². The number of ketones is 1. The molecule has 2 aromatic rings. The van der Waals surface area contributed by atoms with E-state index >= 15 is 0 Å². The van der Waals surface area contributed by atoms with Crippen molar-refractivity contribution in [3.05, 3.63) is 59.7 Å². The van der Waals surface area contributed by atoms with Crippen molar-refractivity contribution in [3.63, 3.8) is 0 Å². The molecule has 1 heterocycles. The number of piperidine rings is 1. The van der Waals surface area contributed by atoms with Gasteiger partial charge in [0.25, 0.3) is 0 Å². The maximum Gasteiger partial charge on any atom is 0.243 e.